The summed E-state index contributed by atoms with van der Waals surface area (Å²) in [6.07, 6.45) is 64.6. The molecular weight excluding hydrogens is 791 g/mol. The quantitative estimate of drug-likeness (QED) is 0.0321. The molecule has 0 aliphatic rings. The predicted octanol–water partition coefficient (Wildman–Crippen LogP) is 17.5. The minimum atomic E-state index is -0.667. The summed E-state index contributed by atoms with van der Waals surface area (Å²) in [4.78, 5) is 24.5. The van der Waals surface area contributed by atoms with Crippen LogP contribution in [0.2, 0.25) is 0 Å². The summed E-state index contributed by atoms with van der Waals surface area (Å²) >= 11 is 0. The van der Waals surface area contributed by atoms with Crippen LogP contribution in [0.1, 0.15) is 309 Å². The molecular formula is C58H111NO5. The molecule has 0 radical (unpaired) electrons. The minimum Gasteiger partial charge on any atom is -0.466 e. The van der Waals surface area contributed by atoms with Crippen molar-refractivity contribution >= 4 is 11.9 Å². The van der Waals surface area contributed by atoms with E-state index in [0.717, 1.165) is 44.9 Å². The summed E-state index contributed by atoms with van der Waals surface area (Å²) in [7, 11) is 0. The molecule has 0 aromatic rings. The second-order valence-corrected chi connectivity index (χ2v) is 19.6. The van der Waals surface area contributed by atoms with E-state index in [1.165, 1.54) is 231 Å². The molecule has 0 bridgehead atoms. The highest BCUT2D eigenvalue weighted by Crippen LogP contribution is 2.16. The number of amides is 1. The molecule has 3 N–H and O–H groups in total. The summed E-state index contributed by atoms with van der Waals surface area (Å²) in [6.45, 7) is 4.93. The number of carbonyl (C=O) groups excluding carboxylic acids is 2. The lowest BCUT2D eigenvalue weighted by Crippen LogP contribution is -2.45. The molecule has 2 unspecified atom stereocenters. The van der Waals surface area contributed by atoms with Gasteiger partial charge in [-0.1, -0.05) is 244 Å². The van der Waals surface area contributed by atoms with Gasteiger partial charge in [0.05, 0.1) is 25.4 Å². The van der Waals surface area contributed by atoms with Gasteiger partial charge in [-0.05, 0) is 77.0 Å². The van der Waals surface area contributed by atoms with E-state index in [2.05, 4.69) is 43.5 Å². The maximum absolute atomic E-state index is 12.4. The first-order chi connectivity index (χ1) is 31.5. The van der Waals surface area contributed by atoms with Crippen molar-refractivity contribution in [1.29, 1.82) is 0 Å². The van der Waals surface area contributed by atoms with Gasteiger partial charge in [0, 0.05) is 12.8 Å². The Labute approximate surface area is 399 Å². The number of esters is 1. The number of carbonyl (C=O) groups is 2. The summed E-state index contributed by atoms with van der Waals surface area (Å²) in [5.41, 5.74) is 0. The Bertz CT molecular complexity index is 997. The molecule has 0 aromatic heterocycles. The average molecular weight is 903 g/mol. The first-order valence-corrected chi connectivity index (χ1v) is 28.6. The molecule has 0 saturated carbocycles. The zero-order valence-corrected chi connectivity index (χ0v) is 43.0. The number of ether oxygens (including phenoxy) is 1. The maximum Gasteiger partial charge on any atom is 0.305 e. The smallest absolute Gasteiger partial charge is 0.305 e. The number of aliphatic hydroxyl groups excluding tert-OH is 2. The Balaban J connectivity index is 3.40. The second-order valence-electron chi connectivity index (χ2n) is 19.6. The minimum absolute atomic E-state index is 0.00135. The zero-order chi connectivity index (χ0) is 46.5. The largest absolute Gasteiger partial charge is 0.466 e. The van der Waals surface area contributed by atoms with Gasteiger partial charge in [-0.2, -0.15) is 0 Å². The van der Waals surface area contributed by atoms with Crippen molar-refractivity contribution in [2.24, 2.45) is 0 Å². The van der Waals surface area contributed by atoms with E-state index in [4.69, 9.17) is 4.74 Å². The number of nitrogens with one attached hydrogen (secondary N) is 1. The standard InChI is InChI=1S/C58H111NO5/c1-3-5-7-9-11-13-15-16-28-32-36-40-44-48-52-58(63)64-53-49-45-41-37-33-29-26-24-22-20-18-17-19-21-23-25-27-31-35-39-43-47-51-57(62)59-55(54-60)56(61)50-46-42-38-34-30-14-12-10-8-6-4-2/h15-16,19,21,55-56,60-61H,3-14,17-18,20,22-54H2,1-2H3,(H,59,62)/b16-15-,21-19-. The highest BCUT2D eigenvalue weighted by atomic mass is 16.5. The topological polar surface area (TPSA) is 95.9 Å². The molecule has 1 amide bonds. The summed E-state index contributed by atoms with van der Waals surface area (Å²) < 4.78 is 5.47. The van der Waals surface area contributed by atoms with E-state index in [9.17, 15) is 19.8 Å². The highest BCUT2D eigenvalue weighted by Gasteiger charge is 2.20. The van der Waals surface area contributed by atoms with Crippen molar-refractivity contribution in [3.8, 4) is 0 Å². The fraction of sp³-hybridized carbons (Fsp3) is 0.897. The highest BCUT2D eigenvalue weighted by molar-refractivity contribution is 5.76. The molecule has 378 valence electrons. The number of aliphatic hydroxyl groups is 2. The van der Waals surface area contributed by atoms with Crippen molar-refractivity contribution in [3.05, 3.63) is 24.3 Å². The number of allylic oxidation sites excluding steroid dienone is 4. The van der Waals surface area contributed by atoms with E-state index in [-0.39, 0.29) is 18.5 Å². The Kier molecular flexibility index (Phi) is 52.6. The number of hydrogen-bond acceptors (Lipinski definition) is 5. The molecule has 0 aliphatic heterocycles. The Morgan fingerprint density at radius 1 is 0.422 bits per heavy atom. The van der Waals surface area contributed by atoms with Gasteiger partial charge in [0.1, 0.15) is 0 Å². The first-order valence-electron chi connectivity index (χ1n) is 28.6. The van der Waals surface area contributed by atoms with E-state index in [1.807, 2.05) is 0 Å². The number of unbranched alkanes of at least 4 members (excludes halogenated alkanes) is 38. The van der Waals surface area contributed by atoms with Crippen LogP contribution in [0.4, 0.5) is 0 Å². The van der Waals surface area contributed by atoms with Crippen molar-refractivity contribution in [2.75, 3.05) is 13.2 Å². The molecule has 64 heavy (non-hydrogen) atoms. The summed E-state index contributed by atoms with van der Waals surface area (Å²) in [5, 5.41) is 23.2. The molecule has 0 rings (SSSR count). The fourth-order valence-corrected chi connectivity index (χ4v) is 8.81. The van der Waals surface area contributed by atoms with Crippen LogP contribution >= 0.6 is 0 Å². The predicted molar refractivity (Wildman–Crippen MR) is 278 cm³/mol. The monoisotopic (exact) mass is 902 g/mol. The van der Waals surface area contributed by atoms with Crippen molar-refractivity contribution < 1.29 is 24.5 Å². The Morgan fingerprint density at radius 2 is 0.734 bits per heavy atom. The average Bonchev–Trinajstić information content (AvgIpc) is 3.29. The van der Waals surface area contributed by atoms with E-state index in [0.29, 0.717) is 25.9 Å². The SMILES string of the molecule is CCCCCCC/C=C\CCCCCCCC(=O)OCCCCCCCCCCCCC/C=C\CCCCCCCCCC(=O)NC(CO)C(O)CCCCCCCCCCCCC. The third-order valence-electron chi connectivity index (χ3n) is 13.2. The van der Waals surface area contributed by atoms with Crippen LogP contribution in [0.15, 0.2) is 24.3 Å². The van der Waals surface area contributed by atoms with Crippen molar-refractivity contribution in [2.45, 2.75) is 321 Å². The van der Waals surface area contributed by atoms with Crippen molar-refractivity contribution in [1.82, 2.24) is 5.32 Å². The number of rotatable bonds is 53. The lowest BCUT2D eigenvalue weighted by atomic mass is 10.0. The van der Waals surface area contributed by atoms with Gasteiger partial charge < -0.3 is 20.3 Å². The van der Waals surface area contributed by atoms with E-state index < -0.39 is 12.1 Å². The molecule has 6 nitrogen and oxygen atoms in total. The van der Waals surface area contributed by atoms with Crippen LogP contribution in [0.3, 0.4) is 0 Å². The van der Waals surface area contributed by atoms with E-state index >= 15 is 0 Å². The Hall–Kier alpha value is -1.66. The molecule has 6 heteroatoms. The Morgan fingerprint density at radius 3 is 1.11 bits per heavy atom. The van der Waals surface area contributed by atoms with Crippen LogP contribution < -0.4 is 5.32 Å². The van der Waals surface area contributed by atoms with Gasteiger partial charge in [-0.3, -0.25) is 9.59 Å². The lowest BCUT2D eigenvalue weighted by Gasteiger charge is -2.22. The van der Waals surface area contributed by atoms with Gasteiger partial charge in [-0.15, -0.1) is 0 Å². The molecule has 0 saturated heterocycles. The molecule has 0 aromatic carbocycles. The van der Waals surface area contributed by atoms with Crippen LogP contribution in [0.5, 0.6) is 0 Å². The van der Waals surface area contributed by atoms with Crippen LogP contribution in [0.25, 0.3) is 0 Å². The van der Waals surface area contributed by atoms with Crippen molar-refractivity contribution in [3.63, 3.8) is 0 Å². The van der Waals surface area contributed by atoms with Crippen LogP contribution in [0, 0.1) is 0 Å². The molecule has 0 fully saturated rings. The fourth-order valence-electron chi connectivity index (χ4n) is 8.81. The molecule has 2 atom stereocenters. The molecule has 0 spiro atoms. The van der Waals surface area contributed by atoms with Gasteiger partial charge in [0.25, 0.3) is 0 Å². The zero-order valence-electron chi connectivity index (χ0n) is 43.0. The maximum atomic E-state index is 12.4. The first kappa shape index (κ1) is 62.3. The lowest BCUT2D eigenvalue weighted by molar-refractivity contribution is -0.143. The molecule has 0 aliphatic carbocycles. The summed E-state index contributed by atoms with van der Waals surface area (Å²) in [5.74, 6) is -0.0414. The number of hydrogen-bond donors (Lipinski definition) is 3. The van der Waals surface area contributed by atoms with Gasteiger partial charge >= 0.3 is 5.97 Å². The van der Waals surface area contributed by atoms with Gasteiger partial charge in [0.2, 0.25) is 5.91 Å². The normalized spacial score (nSPS) is 12.8. The van der Waals surface area contributed by atoms with Gasteiger partial charge in [-0.25, -0.2) is 0 Å². The van der Waals surface area contributed by atoms with Crippen LogP contribution in [-0.4, -0.2) is 47.4 Å². The summed E-state index contributed by atoms with van der Waals surface area (Å²) in [6, 6.07) is -0.545. The second kappa shape index (κ2) is 54.0. The van der Waals surface area contributed by atoms with E-state index in [1.54, 1.807) is 0 Å². The third kappa shape index (κ3) is 49.8. The van der Waals surface area contributed by atoms with Crippen LogP contribution in [-0.2, 0) is 14.3 Å². The third-order valence-corrected chi connectivity index (χ3v) is 13.2. The van der Waals surface area contributed by atoms with Gasteiger partial charge in [0.15, 0.2) is 0 Å². The molecule has 0 heterocycles.